The Labute approximate surface area is 167 Å². The SMILES string of the molecule is COc1cccc(-c2cccc(CC(=O)c3cn4c(n3)CNCC4)c2C#N)c1F. The minimum Gasteiger partial charge on any atom is -0.494 e. The fourth-order valence-electron chi connectivity index (χ4n) is 3.57. The summed E-state index contributed by atoms with van der Waals surface area (Å²) in [5.74, 6) is 0.216. The van der Waals surface area contributed by atoms with Crippen LogP contribution in [-0.2, 0) is 19.5 Å². The largest absolute Gasteiger partial charge is 0.494 e. The van der Waals surface area contributed by atoms with E-state index in [1.54, 1.807) is 36.5 Å². The van der Waals surface area contributed by atoms with E-state index in [4.69, 9.17) is 4.74 Å². The highest BCUT2D eigenvalue weighted by molar-refractivity contribution is 5.96. The quantitative estimate of drug-likeness (QED) is 0.677. The van der Waals surface area contributed by atoms with Crippen molar-refractivity contribution in [3.8, 4) is 22.9 Å². The van der Waals surface area contributed by atoms with Gasteiger partial charge in [0.2, 0.25) is 0 Å². The van der Waals surface area contributed by atoms with E-state index in [2.05, 4.69) is 16.4 Å². The zero-order chi connectivity index (χ0) is 20.4. The molecule has 0 amide bonds. The van der Waals surface area contributed by atoms with Gasteiger partial charge in [-0.05, 0) is 11.6 Å². The van der Waals surface area contributed by atoms with Gasteiger partial charge in [-0.25, -0.2) is 9.37 Å². The number of carbonyl (C=O) groups is 1. The number of Topliss-reactive ketones (excluding diaryl/α,β-unsaturated/α-hetero) is 1. The van der Waals surface area contributed by atoms with Crippen LogP contribution in [0.15, 0.2) is 42.6 Å². The first-order chi connectivity index (χ1) is 14.1. The number of fused-ring (bicyclic) bond motifs is 1. The zero-order valence-corrected chi connectivity index (χ0v) is 15.9. The summed E-state index contributed by atoms with van der Waals surface area (Å²) in [6.45, 7) is 2.23. The molecule has 0 saturated carbocycles. The third kappa shape index (κ3) is 3.50. The molecular weight excluding hydrogens is 371 g/mol. The molecule has 0 aliphatic carbocycles. The second kappa shape index (κ2) is 7.86. The molecule has 0 saturated heterocycles. The molecule has 0 fully saturated rings. The minimum atomic E-state index is -0.538. The minimum absolute atomic E-state index is 0.0200. The van der Waals surface area contributed by atoms with E-state index in [0.29, 0.717) is 23.4 Å². The van der Waals surface area contributed by atoms with E-state index >= 15 is 0 Å². The lowest BCUT2D eigenvalue weighted by Crippen LogP contribution is -2.27. The lowest BCUT2D eigenvalue weighted by molar-refractivity contribution is 0.0988. The first-order valence-corrected chi connectivity index (χ1v) is 9.27. The lowest BCUT2D eigenvalue weighted by Gasteiger charge is -2.13. The van der Waals surface area contributed by atoms with Crippen LogP contribution in [0, 0.1) is 17.1 Å². The molecule has 0 bridgehead atoms. The van der Waals surface area contributed by atoms with Crippen molar-refractivity contribution < 1.29 is 13.9 Å². The first kappa shape index (κ1) is 18.8. The smallest absolute Gasteiger partial charge is 0.187 e. The molecule has 0 radical (unpaired) electrons. The lowest BCUT2D eigenvalue weighted by atomic mass is 9.93. The molecule has 29 heavy (non-hydrogen) atoms. The number of imidazole rings is 1. The summed E-state index contributed by atoms with van der Waals surface area (Å²) in [5.41, 5.74) is 1.90. The van der Waals surface area contributed by atoms with Gasteiger partial charge in [-0.3, -0.25) is 4.79 Å². The van der Waals surface area contributed by atoms with Crippen LogP contribution in [0.1, 0.15) is 27.4 Å². The van der Waals surface area contributed by atoms with Crippen molar-refractivity contribution in [2.75, 3.05) is 13.7 Å². The van der Waals surface area contributed by atoms with Gasteiger partial charge in [-0.15, -0.1) is 0 Å². The van der Waals surface area contributed by atoms with Gasteiger partial charge in [0.05, 0.1) is 19.2 Å². The second-order valence-corrected chi connectivity index (χ2v) is 6.79. The van der Waals surface area contributed by atoms with Crippen molar-refractivity contribution in [3.63, 3.8) is 0 Å². The van der Waals surface area contributed by atoms with Gasteiger partial charge in [0, 0.05) is 36.8 Å². The van der Waals surface area contributed by atoms with Gasteiger partial charge in [0.25, 0.3) is 0 Å². The van der Waals surface area contributed by atoms with Crippen molar-refractivity contribution in [2.24, 2.45) is 0 Å². The molecule has 2 aromatic carbocycles. The van der Waals surface area contributed by atoms with Crippen LogP contribution in [0.2, 0.25) is 0 Å². The summed E-state index contributed by atoms with van der Waals surface area (Å²) in [6.07, 6.45) is 1.78. The topological polar surface area (TPSA) is 79.9 Å². The molecule has 1 N–H and O–H groups in total. The monoisotopic (exact) mass is 390 g/mol. The Morgan fingerprint density at radius 3 is 2.86 bits per heavy atom. The van der Waals surface area contributed by atoms with Crippen molar-refractivity contribution in [2.45, 2.75) is 19.5 Å². The summed E-state index contributed by atoms with van der Waals surface area (Å²) in [5, 5.41) is 13.0. The van der Waals surface area contributed by atoms with Crippen LogP contribution in [0.5, 0.6) is 5.75 Å². The number of nitriles is 1. The summed E-state index contributed by atoms with van der Waals surface area (Å²) in [7, 11) is 1.39. The van der Waals surface area contributed by atoms with Crippen LogP contribution >= 0.6 is 0 Å². The van der Waals surface area contributed by atoms with E-state index in [9.17, 15) is 14.4 Å². The number of halogens is 1. The molecule has 0 atom stereocenters. The molecule has 7 heteroatoms. The molecule has 2 heterocycles. The third-order valence-corrected chi connectivity index (χ3v) is 5.04. The maximum atomic E-state index is 14.7. The van der Waals surface area contributed by atoms with Gasteiger partial charge in [0.1, 0.15) is 17.6 Å². The molecule has 0 spiro atoms. The van der Waals surface area contributed by atoms with Crippen molar-refractivity contribution >= 4 is 5.78 Å². The first-order valence-electron chi connectivity index (χ1n) is 9.27. The molecular formula is C22H19FN4O2. The summed E-state index contributed by atoms with van der Waals surface area (Å²) in [4.78, 5) is 17.2. The number of hydrogen-bond donors (Lipinski definition) is 1. The van der Waals surface area contributed by atoms with Gasteiger partial charge >= 0.3 is 0 Å². The number of hydrogen-bond acceptors (Lipinski definition) is 5. The van der Waals surface area contributed by atoms with Gasteiger partial charge in [-0.1, -0.05) is 30.3 Å². The molecule has 1 aliphatic heterocycles. The van der Waals surface area contributed by atoms with Crippen LogP contribution in [0.4, 0.5) is 4.39 Å². The van der Waals surface area contributed by atoms with Crippen LogP contribution in [0.3, 0.4) is 0 Å². The normalized spacial score (nSPS) is 12.9. The highest BCUT2D eigenvalue weighted by Gasteiger charge is 2.20. The Morgan fingerprint density at radius 2 is 2.10 bits per heavy atom. The highest BCUT2D eigenvalue weighted by atomic mass is 19.1. The van der Waals surface area contributed by atoms with Crippen LogP contribution in [-0.4, -0.2) is 29.0 Å². The number of nitrogens with one attached hydrogen (secondary N) is 1. The molecule has 3 aromatic rings. The fraction of sp³-hybridized carbons (Fsp3) is 0.227. The highest BCUT2D eigenvalue weighted by Crippen LogP contribution is 2.32. The fourth-order valence-corrected chi connectivity index (χ4v) is 3.57. The van der Waals surface area contributed by atoms with Crippen molar-refractivity contribution in [1.82, 2.24) is 14.9 Å². The van der Waals surface area contributed by atoms with Gasteiger partial charge < -0.3 is 14.6 Å². The molecule has 4 rings (SSSR count). The Morgan fingerprint density at radius 1 is 1.31 bits per heavy atom. The summed E-state index contributed by atoms with van der Waals surface area (Å²) >= 11 is 0. The number of benzene rings is 2. The number of ketones is 1. The molecule has 146 valence electrons. The van der Waals surface area contributed by atoms with Crippen molar-refractivity contribution in [3.05, 3.63) is 71.1 Å². The van der Waals surface area contributed by atoms with Crippen molar-refractivity contribution in [1.29, 1.82) is 5.26 Å². The second-order valence-electron chi connectivity index (χ2n) is 6.79. The Balaban J connectivity index is 1.69. The Bertz CT molecular complexity index is 1110. The zero-order valence-electron chi connectivity index (χ0n) is 15.9. The molecule has 1 aromatic heterocycles. The number of rotatable bonds is 5. The van der Waals surface area contributed by atoms with E-state index in [0.717, 1.165) is 18.9 Å². The number of ether oxygens (including phenoxy) is 1. The maximum absolute atomic E-state index is 14.7. The predicted molar refractivity (Wildman–Crippen MR) is 105 cm³/mol. The number of methoxy groups -OCH3 is 1. The Kier molecular flexibility index (Phi) is 5.10. The average molecular weight is 390 g/mol. The number of nitrogens with zero attached hydrogens (tertiary/aromatic N) is 3. The Hall–Kier alpha value is -3.50. The standard InChI is InChI=1S/C22H19FN4O2/c1-29-20-7-3-6-16(22(20)23)15-5-2-4-14(17(15)11-24)10-19(28)18-13-27-9-8-25-12-21(27)26-18/h2-7,13,25H,8-10,12H2,1H3. The molecule has 6 nitrogen and oxygen atoms in total. The number of carbonyl (C=O) groups excluding carboxylic acids is 1. The van der Waals surface area contributed by atoms with E-state index < -0.39 is 5.82 Å². The van der Waals surface area contributed by atoms with Crippen LogP contribution in [0.25, 0.3) is 11.1 Å². The summed E-state index contributed by atoms with van der Waals surface area (Å²) < 4.78 is 21.8. The van der Waals surface area contributed by atoms with E-state index in [-0.39, 0.29) is 29.1 Å². The van der Waals surface area contributed by atoms with E-state index in [1.807, 2.05) is 4.57 Å². The van der Waals surface area contributed by atoms with E-state index in [1.165, 1.54) is 13.2 Å². The average Bonchev–Trinajstić information content (AvgIpc) is 3.18. The predicted octanol–water partition coefficient (Wildman–Crippen LogP) is 3.10. The third-order valence-electron chi connectivity index (χ3n) is 5.04. The van der Waals surface area contributed by atoms with Crippen LogP contribution < -0.4 is 10.1 Å². The molecule has 1 aliphatic rings. The van der Waals surface area contributed by atoms with Gasteiger partial charge in [-0.2, -0.15) is 5.26 Å². The summed E-state index contributed by atoms with van der Waals surface area (Å²) in [6, 6.07) is 12.0. The van der Waals surface area contributed by atoms with Gasteiger partial charge in [0.15, 0.2) is 17.3 Å². The maximum Gasteiger partial charge on any atom is 0.187 e. The number of aromatic nitrogens is 2. The molecule has 0 unspecified atom stereocenters.